The number of benzene rings is 2. The van der Waals surface area contributed by atoms with E-state index in [1.165, 1.54) is 7.11 Å². The third kappa shape index (κ3) is 8.85. The first-order chi connectivity index (χ1) is 23.0. The third-order valence-corrected chi connectivity index (χ3v) is 10.0. The first-order valence-corrected chi connectivity index (χ1v) is 18.6. The molecule has 14 heteroatoms. The Morgan fingerprint density at radius 1 is 1.00 bits per heavy atom. The van der Waals surface area contributed by atoms with E-state index in [1.807, 2.05) is 55.5 Å². The van der Waals surface area contributed by atoms with Gasteiger partial charge in [-0.1, -0.05) is 39.0 Å². The summed E-state index contributed by atoms with van der Waals surface area (Å²) in [4.78, 5) is 35.2. The van der Waals surface area contributed by atoms with Crippen molar-refractivity contribution < 1.29 is 27.5 Å². The minimum Gasteiger partial charge on any atom is -0.492 e. The van der Waals surface area contributed by atoms with Crippen LogP contribution in [0.5, 0.6) is 11.6 Å². The smallest absolute Gasteiger partial charge is 0.418 e. The zero-order valence-electron chi connectivity index (χ0n) is 30.0. The molecular weight excluding hydrogens is 646 g/mol. The second-order valence-electron chi connectivity index (χ2n) is 14.4. The Hall–Kier alpha value is -3.85. The molecule has 5 rings (SSSR count). The van der Waals surface area contributed by atoms with Crippen LogP contribution in [0.2, 0.25) is 0 Å². The number of piperazine rings is 1. The maximum Gasteiger partial charge on any atom is 0.418 e. The van der Waals surface area contributed by atoms with E-state index in [4.69, 9.17) is 9.47 Å². The highest BCUT2D eigenvalue weighted by molar-refractivity contribution is 7.92. The number of rotatable bonds is 10. The van der Waals surface area contributed by atoms with Crippen molar-refractivity contribution in [2.45, 2.75) is 45.2 Å². The highest BCUT2D eigenvalue weighted by Gasteiger charge is 2.29. The maximum absolute atomic E-state index is 13.3. The predicted molar refractivity (Wildman–Crippen MR) is 193 cm³/mol. The number of likely N-dealkylation sites (N-methyl/N-ethyl adjacent to an activating group) is 1. The summed E-state index contributed by atoms with van der Waals surface area (Å²) in [6, 6.07) is 11.9. The first kappa shape index (κ1) is 36.4. The number of hydrogen-bond donors (Lipinski definition) is 2. The number of methoxy groups -OCH3 is 1. The molecule has 13 nitrogen and oxygen atoms in total. The number of amides is 2. The molecule has 2 saturated heterocycles. The Balaban J connectivity index is 1.25. The van der Waals surface area contributed by atoms with Crippen LogP contribution in [0.15, 0.2) is 36.4 Å². The molecule has 3 heterocycles. The molecule has 2 N–H and O–H groups in total. The summed E-state index contributed by atoms with van der Waals surface area (Å²) in [6.07, 6.45) is 1.42. The van der Waals surface area contributed by atoms with E-state index < -0.39 is 16.1 Å². The largest absolute Gasteiger partial charge is 0.492 e. The van der Waals surface area contributed by atoms with Crippen molar-refractivity contribution in [3.63, 3.8) is 0 Å². The lowest BCUT2D eigenvalue weighted by Crippen LogP contribution is -2.50. The molecule has 0 radical (unpaired) electrons. The number of carbonyl (C=O) groups excluding carboxylic acids is 2. The van der Waals surface area contributed by atoms with Gasteiger partial charge >= 0.3 is 6.09 Å². The number of ether oxygens (including phenoxy) is 2. The third-order valence-electron chi connectivity index (χ3n) is 9.44. The van der Waals surface area contributed by atoms with E-state index in [9.17, 15) is 18.0 Å². The zero-order valence-corrected chi connectivity index (χ0v) is 30.8. The standard InChI is InChI=1S/C35H51N7O6S/c1-35(2,3)26-19-28(33(47-7)29(20-26)37-49(8,45)46)36-34(44)48-31-18-24-10-9-11-25(32(24)39(31)6)21-40-14-16-42(17-15-40)30(43)23-41-13-12-27(22-41)38(4)5/h9-11,18-20,27,37H,12-17,21-23H2,1-8H3,(H,36,44)/t27-/m0/s1. The summed E-state index contributed by atoms with van der Waals surface area (Å²) in [5.41, 5.74) is 2.99. The van der Waals surface area contributed by atoms with Gasteiger partial charge in [0.05, 0.1) is 36.8 Å². The van der Waals surface area contributed by atoms with Gasteiger partial charge in [-0.15, -0.1) is 0 Å². The van der Waals surface area contributed by atoms with Gasteiger partial charge in [-0.25, -0.2) is 13.2 Å². The van der Waals surface area contributed by atoms with Gasteiger partial charge in [-0.2, -0.15) is 0 Å². The number of carbonyl (C=O) groups is 2. The summed E-state index contributed by atoms with van der Waals surface area (Å²) in [5, 5.41) is 3.70. The normalized spacial score (nSPS) is 17.9. The van der Waals surface area contributed by atoms with Gasteiger partial charge in [0.1, 0.15) is 0 Å². The van der Waals surface area contributed by atoms with Gasteiger partial charge in [-0.3, -0.25) is 24.6 Å². The summed E-state index contributed by atoms with van der Waals surface area (Å²) in [5.74, 6) is 0.731. The molecule has 1 aromatic heterocycles. The lowest BCUT2D eigenvalue weighted by Gasteiger charge is -2.35. The molecular formula is C35H51N7O6S. The van der Waals surface area contributed by atoms with Gasteiger partial charge in [-0.05, 0) is 49.2 Å². The zero-order chi connectivity index (χ0) is 35.7. The van der Waals surface area contributed by atoms with Gasteiger partial charge < -0.3 is 23.8 Å². The van der Waals surface area contributed by atoms with Crippen LogP contribution in [0.3, 0.4) is 0 Å². The van der Waals surface area contributed by atoms with Crippen LogP contribution in [0.1, 0.15) is 38.3 Å². The molecule has 1 atom stereocenters. The van der Waals surface area contributed by atoms with Gasteiger partial charge in [0.15, 0.2) is 5.75 Å². The van der Waals surface area contributed by atoms with Crippen molar-refractivity contribution >= 4 is 44.3 Å². The minimum atomic E-state index is -3.62. The molecule has 2 aromatic carbocycles. The quantitative estimate of drug-likeness (QED) is 0.326. The number of hydrogen-bond acceptors (Lipinski definition) is 9. The highest BCUT2D eigenvalue weighted by Crippen LogP contribution is 2.39. The van der Waals surface area contributed by atoms with Crippen molar-refractivity contribution in [1.82, 2.24) is 24.2 Å². The summed E-state index contributed by atoms with van der Waals surface area (Å²) in [7, 11) is 3.85. The number of nitrogens with zero attached hydrogens (tertiary/aromatic N) is 5. The first-order valence-electron chi connectivity index (χ1n) is 16.7. The Morgan fingerprint density at radius 2 is 1.69 bits per heavy atom. The van der Waals surface area contributed by atoms with Crippen molar-refractivity contribution in [3.05, 3.63) is 47.5 Å². The van der Waals surface area contributed by atoms with E-state index in [2.05, 4.69) is 44.9 Å². The van der Waals surface area contributed by atoms with Crippen molar-refractivity contribution in [2.24, 2.45) is 7.05 Å². The molecule has 268 valence electrons. The Kier molecular flexibility index (Phi) is 10.8. The van der Waals surface area contributed by atoms with Crippen LogP contribution < -0.4 is 19.5 Å². The number of nitrogens with one attached hydrogen (secondary N) is 2. The Bertz CT molecular complexity index is 1790. The van der Waals surface area contributed by atoms with E-state index in [0.29, 0.717) is 38.1 Å². The molecule has 0 spiro atoms. The fourth-order valence-corrected chi connectivity index (χ4v) is 7.20. The summed E-state index contributed by atoms with van der Waals surface area (Å²) >= 11 is 0. The Labute approximate surface area is 290 Å². The molecule has 0 saturated carbocycles. The molecule has 0 bridgehead atoms. The number of aromatic nitrogens is 1. The Morgan fingerprint density at radius 3 is 2.31 bits per heavy atom. The lowest BCUT2D eigenvalue weighted by molar-refractivity contribution is -0.134. The SMILES string of the molecule is COc1c(NC(=O)Oc2cc3cccc(CN4CCN(C(=O)CN5CC[C@H](N(C)C)C5)CC4)c3n2C)cc(C(C)(C)C)cc1NS(C)(=O)=O. The number of sulfonamides is 1. The molecule has 0 unspecified atom stereocenters. The minimum absolute atomic E-state index is 0.172. The van der Waals surface area contributed by atoms with Gasteiger partial charge in [0.25, 0.3) is 0 Å². The van der Waals surface area contributed by atoms with E-state index in [1.54, 1.807) is 12.1 Å². The molecule has 0 aliphatic carbocycles. The van der Waals surface area contributed by atoms with Crippen LogP contribution in [-0.2, 0) is 33.8 Å². The van der Waals surface area contributed by atoms with Crippen LogP contribution in [-0.4, -0.2) is 124 Å². The van der Waals surface area contributed by atoms with Crippen LogP contribution in [0.25, 0.3) is 10.9 Å². The summed E-state index contributed by atoms with van der Waals surface area (Å²) in [6.45, 7) is 12.0. The molecule has 49 heavy (non-hydrogen) atoms. The maximum atomic E-state index is 13.3. The molecule has 2 aliphatic heterocycles. The second kappa shape index (κ2) is 14.6. The molecule has 2 amide bonds. The fraction of sp³-hybridized carbons (Fsp3) is 0.543. The van der Waals surface area contributed by atoms with Gasteiger partial charge in [0, 0.05) is 70.4 Å². The molecule has 2 fully saturated rings. The number of anilines is 2. The van der Waals surface area contributed by atoms with Crippen molar-refractivity contribution in [1.29, 1.82) is 0 Å². The number of fused-ring (bicyclic) bond motifs is 1. The lowest BCUT2D eigenvalue weighted by atomic mass is 9.86. The average Bonchev–Trinajstić information content (AvgIpc) is 3.61. The summed E-state index contributed by atoms with van der Waals surface area (Å²) < 4.78 is 39.9. The molecule has 2 aliphatic rings. The van der Waals surface area contributed by atoms with Crippen LogP contribution >= 0.6 is 0 Å². The average molecular weight is 698 g/mol. The van der Waals surface area contributed by atoms with E-state index in [0.717, 1.165) is 60.9 Å². The van der Waals surface area contributed by atoms with Crippen molar-refractivity contribution in [2.75, 3.05) is 83.3 Å². The molecule has 3 aromatic rings. The van der Waals surface area contributed by atoms with E-state index >= 15 is 0 Å². The predicted octanol–water partition coefficient (Wildman–Crippen LogP) is 3.75. The van der Waals surface area contributed by atoms with Crippen LogP contribution in [0, 0.1) is 0 Å². The number of aryl methyl sites for hydroxylation is 1. The number of likely N-dealkylation sites (tertiary alicyclic amines) is 1. The monoisotopic (exact) mass is 697 g/mol. The number of para-hydroxylation sites is 1. The van der Waals surface area contributed by atoms with Gasteiger partial charge in [0.2, 0.25) is 21.8 Å². The van der Waals surface area contributed by atoms with Crippen LogP contribution in [0.4, 0.5) is 16.2 Å². The second-order valence-corrected chi connectivity index (χ2v) is 16.2. The van der Waals surface area contributed by atoms with Crippen molar-refractivity contribution in [3.8, 4) is 11.6 Å². The highest BCUT2D eigenvalue weighted by atomic mass is 32.2. The topological polar surface area (TPSA) is 129 Å². The van der Waals surface area contributed by atoms with E-state index in [-0.39, 0.29) is 28.4 Å². The fourth-order valence-electron chi connectivity index (χ4n) is 6.65.